The molecule has 0 unspecified atom stereocenters. The van der Waals surface area contributed by atoms with E-state index >= 15 is 0 Å². The third-order valence-electron chi connectivity index (χ3n) is 7.04. The fraction of sp³-hybridized carbons (Fsp3) is 0.407. The summed E-state index contributed by atoms with van der Waals surface area (Å²) in [5, 5.41) is 9.70. The van der Waals surface area contributed by atoms with E-state index in [1.807, 2.05) is 13.8 Å². The highest BCUT2D eigenvalue weighted by molar-refractivity contribution is 7.92. The van der Waals surface area contributed by atoms with Crippen LogP contribution in [0.3, 0.4) is 0 Å². The number of nitrogens with one attached hydrogen (secondary N) is 1. The van der Waals surface area contributed by atoms with Gasteiger partial charge in [-0.15, -0.1) is 0 Å². The molecule has 222 valence electrons. The molecular formula is C27H35N5O7S2. The Balaban J connectivity index is 1.68. The predicted octanol–water partition coefficient (Wildman–Crippen LogP) is 2.07. The van der Waals surface area contributed by atoms with Crippen LogP contribution in [-0.4, -0.2) is 85.5 Å². The van der Waals surface area contributed by atoms with E-state index in [4.69, 9.17) is 4.74 Å². The van der Waals surface area contributed by atoms with Crippen LogP contribution in [0.2, 0.25) is 0 Å². The van der Waals surface area contributed by atoms with E-state index in [0.29, 0.717) is 0 Å². The summed E-state index contributed by atoms with van der Waals surface area (Å²) in [7, 11) is -4.74. The summed E-state index contributed by atoms with van der Waals surface area (Å²) in [6, 6.07) is 10.3. The van der Waals surface area contributed by atoms with Crippen molar-refractivity contribution in [1.82, 2.24) is 18.8 Å². The third-order valence-corrected chi connectivity index (χ3v) is 10.1. The van der Waals surface area contributed by atoms with Crippen molar-refractivity contribution in [2.24, 2.45) is 13.0 Å². The minimum absolute atomic E-state index is 0.0135. The highest BCUT2D eigenvalue weighted by Crippen LogP contribution is 2.32. The normalized spacial score (nSPS) is 18.8. The number of amides is 1. The number of likely N-dealkylation sites (N-methyl/N-ethyl adjacent to an activating group) is 1. The van der Waals surface area contributed by atoms with Crippen LogP contribution < -0.4 is 9.46 Å². The molecule has 1 amide bonds. The topological polar surface area (TPSA) is 151 Å². The Morgan fingerprint density at radius 1 is 1.17 bits per heavy atom. The van der Waals surface area contributed by atoms with Crippen molar-refractivity contribution in [2.75, 3.05) is 31.5 Å². The first kappa shape index (κ1) is 30.5. The van der Waals surface area contributed by atoms with Crippen molar-refractivity contribution < 1.29 is 31.5 Å². The first-order valence-electron chi connectivity index (χ1n) is 13.0. The maximum absolute atomic E-state index is 13.7. The number of ether oxygens (including phenoxy) is 1. The Labute approximate surface area is 240 Å². The fourth-order valence-electron chi connectivity index (χ4n) is 4.48. The molecule has 0 fully saturated rings. The zero-order valence-electron chi connectivity index (χ0n) is 23.6. The van der Waals surface area contributed by atoms with Gasteiger partial charge in [0.15, 0.2) is 5.03 Å². The molecular weight excluding hydrogens is 570 g/mol. The van der Waals surface area contributed by atoms with Crippen molar-refractivity contribution in [1.29, 1.82) is 0 Å². The van der Waals surface area contributed by atoms with Crippen LogP contribution in [0.25, 0.3) is 0 Å². The van der Waals surface area contributed by atoms with Crippen LogP contribution in [0.5, 0.6) is 5.75 Å². The van der Waals surface area contributed by atoms with Crippen LogP contribution >= 0.6 is 0 Å². The lowest BCUT2D eigenvalue weighted by atomic mass is 9.99. The summed E-state index contributed by atoms with van der Waals surface area (Å²) in [5.41, 5.74) is 1.13. The number of nitrogens with zero attached hydrogens (tertiary/aromatic N) is 4. The number of fused-ring (bicyclic) bond motifs is 1. The largest absolute Gasteiger partial charge is 0.488 e. The highest BCUT2D eigenvalue weighted by Gasteiger charge is 2.35. The number of hydrogen-bond acceptors (Lipinski definition) is 8. The van der Waals surface area contributed by atoms with E-state index < -0.39 is 38.1 Å². The van der Waals surface area contributed by atoms with Crippen LogP contribution in [0.4, 0.5) is 5.69 Å². The van der Waals surface area contributed by atoms with Crippen LogP contribution in [-0.2, 0) is 27.1 Å². The van der Waals surface area contributed by atoms with Gasteiger partial charge in [0, 0.05) is 38.4 Å². The number of aliphatic hydroxyl groups excluding tert-OH is 1. The Hall–Kier alpha value is -3.46. The van der Waals surface area contributed by atoms with Gasteiger partial charge in [-0.3, -0.25) is 9.52 Å². The number of rotatable bonds is 9. The van der Waals surface area contributed by atoms with Gasteiger partial charge in [0.25, 0.3) is 15.9 Å². The number of benzene rings is 2. The van der Waals surface area contributed by atoms with Gasteiger partial charge >= 0.3 is 0 Å². The molecule has 0 aliphatic carbocycles. The molecule has 0 saturated carbocycles. The van der Waals surface area contributed by atoms with Crippen LogP contribution in [0, 0.1) is 12.8 Å². The zero-order valence-corrected chi connectivity index (χ0v) is 25.2. The first-order valence-corrected chi connectivity index (χ1v) is 15.9. The van der Waals surface area contributed by atoms with Crippen molar-refractivity contribution in [3.63, 3.8) is 0 Å². The molecule has 41 heavy (non-hydrogen) atoms. The number of carbonyl (C=O) groups is 1. The Morgan fingerprint density at radius 2 is 1.85 bits per heavy atom. The molecule has 1 aromatic heterocycles. The number of aromatic nitrogens is 2. The van der Waals surface area contributed by atoms with E-state index in [0.717, 1.165) is 5.56 Å². The monoisotopic (exact) mass is 605 g/mol. The number of imidazole rings is 1. The molecule has 2 N–H and O–H groups in total. The van der Waals surface area contributed by atoms with E-state index in [1.165, 1.54) is 51.5 Å². The highest BCUT2D eigenvalue weighted by atomic mass is 32.2. The smallest absolute Gasteiger partial charge is 0.280 e. The van der Waals surface area contributed by atoms with Crippen molar-refractivity contribution >= 4 is 31.6 Å². The molecule has 2 heterocycles. The molecule has 0 radical (unpaired) electrons. The molecule has 14 heteroatoms. The SMILES string of the molecule is Cc1ccc(S(=O)(=O)N(C)C[C@H]2Oc3ccc(NS(=O)(=O)c4cn(C)cn4)cc3C(=O)N([C@@H](C)CO)C[C@@H]2C)cc1. The van der Waals surface area contributed by atoms with Crippen molar-refractivity contribution in [3.8, 4) is 5.75 Å². The predicted molar refractivity (Wildman–Crippen MR) is 153 cm³/mol. The molecule has 0 bridgehead atoms. The fourth-order valence-corrected chi connectivity index (χ4v) is 6.70. The van der Waals surface area contributed by atoms with Gasteiger partial charge in [0.05, 0.1) is 36.0 Å². The number of hydrogen-bond donors (Lipinski definition) is 2. The molecule has 1 aliphatic rings. The van der Waals surface area contributed by atoms with Gasteiger partial charge in [-0.05, 0) is 44.2 Å². The van der Waals surface area contributed by atoms with Gasteiger partial charge in [0.2, 0.25) is 10.0 Å². The molecule has 1 aliphatic heterocycles. The maximum Gasteiger partial charge on any atom is 0.280 e. The van der Waals surface area contributed by atoms with Gasteiger partial charge in [-0.2, -0.15) is 12.7 Å². The minimum atomic E-state index is -4.03. The molecule has 2 aromatic carbocycles. The molecule has 4 rings (SSSR count). The second-order valence-corrected chi connectivity index (χ2v) is 14.1. The second kappa shape index (κ2) is 11.8. The zero-order chi connectivity index (χ0) is 30.1. The molecule has 0 saturated heterocycles. The van der Waals surface area contributed by atoms with Gasteiger partial charge in [-0.25, -0.2) is 13.4 Å². The molecule has 12 nitrogen and oxygen atoms in total. The van der Waals surface area contributed by atoms with E-state index in [-0.39, 0.29) is 52.5 Å². The van der Waals surface area contributed by atoms with Gasteiger partial charge in [0.1, 0.15) is 11.9 Å². The van der Waals surface area contributed by atoms with Gasteiger partial charge in [-0.1, -0.05) is 24.6 Å². The van der Waals surface area contributed by atoms with Crippen molar-refractivity contribution in [3.05, 3.63) is 66.1 Å². The summed E-state index contributed by atoms with van der Waals surface area (Å²) >= 11 is 0. The minimum Gasteiger partial charge on any atom is -0.488 e. The van der Waals surface area contributed by atoms with Gasteiger partial charge < -0.3 is 19.3 Å². The summed E-state index contributed by atoms with van der Waals surface area (Å²) in [4.78, 5) is 19.2. The van der Waals surface area contributed by atoms with Crippen molar-refractivity contribution in [2.45, 2.75) is 42.8 Å². The summed E-state index contributed by atoms with van der Waals surface area (Å²) < 4.78 is 63.7. The quantitative estimate of drug-likeness (QED) is 0.376. The summed E-state index contributed by atoms with van der Waals surface area (Å²) in [6.07, 6.45) is 2.04. The third kappa shape index (κ3) is 6.56. The lowest BCUT2D eigenvalue weighted by Crippen LogP contribution is -2.50. The summed E-state index contributed by atoms with van der Waals surface area (Å²) in [6.45, 7) is 5.28. The number of anilines is 1. The standard InChI is InChI=1S/C27H35N5O7S2/c1-18-6-9-22(10-7-18)41(37,38)31(5)14-25-19(2)13-32(20(3)16-33)27(34)23-12-21(8-11-24(23)39-25)29-40(35,36)26-15-30(4)17-28-26/h6-12,15,17,19-20,25,29,33H,13-14,16H2,1-5H3/t19-,20-,25+/m0/s1. The second-order valence-electron chi connectivity index (χ2n) is 10.4. The number of sulfonamides is 2. The van der Waals surface area contributed by atoms with Crippen LogP contribution in [0.1, 0.15) is 29.8 Å². The Kier molecular flexibility index (Phi) is 8.78. The average molecular weight is 606 g/mol. The maximum atomic E-state index is 13.7. The Morgan fingerprint density at radius 3 is 2.46 bits per heavy atom. The lowest BCUT2D eigenvalue weighted by Gasteiger charge is -2.38. The number of aliphatic hydroxyl groups is 1. The molecule has 0 spiro atoms. The summed E-state index contributed by atoms with van der Waals surface area (Å²) in [5.74, 6) is -0.603. The van der Waals surface area contributed by atoms with Crippen LogP contribution in [0.15, 0.2) is 64.9 Å². The number of aryl methyl sites for hydroxylation is 2. The number of carbonyl (C=O) groups excluding carboxylic acids is 1. The van der Waals surface area contributed by atoms with E-state index in [9.17, 15) is 26.7 Å². The Bertz CT molecular complexity index is 1620. The van der Waals surface area contributed by atoms with E-state index in [1.54, 1.807) is 38.2 Å². The molecule has 3 aromatic rings. The lowest BCUT2D eigenvalue weighted by molar-refractivity contribution is 0.0387. The van der Waals surface area contributed by atoms with E-state index in [2.05, 4.69) is 9.71 Å². The first-order chi connectivity index (χ1) is 19.2. The molecule has 3 atom stereocenters. The average Bonchev–Trinajstić information content (AvgIpc) is 3.38.